The van der Waals surface area contributed by atoms with Crippen LogP contribution in [0, 0.1) is 0 Å². The molecule has 0 unspecified atom stereocenters. The Morgan fingerprint density at radius 1 is 1.29 bits per heavy atom. The van der Waals surface area contributed by atoms with E-state index in [0.29, 0.717) is 22.8 Å². The quantitative estimate of drug-likeness (QED) is 0.701. The van der Waals surface area contributed by atoms with Gasteiger partial charge >= 0.3 is 0 Å². The maximum absolute atomic E-state index is 11.8. The second-order valence-corrected chi connectivity index (χ2v) is 5.13. The second-order valence-electron chi connectivity index (χ2n) is 5.13. The summed E-state index contributed by atoms with van der Waals surface area (Å²) < 4.78 is 15.9. The lowest BCUT2D eigenvalue weighted by molar-refractivity contribution is 0.0843. The molecule has 1 aromatic carbocycles. The zero-order valence-corrected chi connectivity index (χ0v) is 12.7. The number of aliphatic hydroxyl groups is 1. The maximum Gasteiger partial charge on any atom is 0.252 e. The number of aromatic amines is 1. The smallest absolute Gasteiger partial charge is 0.252 e. The molecule has 1 amide bonds. The van der Waals surface area contributed by atoms with Crippen molar-refractivity contribution in [2.24, 2.45) is 0 Å². The average Bonchev–Trinajstić information content (AvgIpc) is 3.06. The Morgan fingerprint density at radius 3 is 2.92 bits per heavy atom. The summed E-state index contributed by atoms with van der Waals surface area (Å²) in [5, 5.41) is 12.5. The molecule has 1 atom stereocenters. The zero-order valence-electron chi connectivity index (χ0n) is 12.7. The van der Waals surface area contributed by atoms with Crippen molar-refractivity contribution in [1.29, 1.82) is 0 Å². The molecule has 1 aliphatic heterocycles. The molecule has 3 N–H and O–H groups in total. The molecule has 0 radical (unpaired) electrons. The highest BCUT2D eigenvalue weighted by molar-refractivity contribution is 5.93. The lowest BCUT2D eigenvalue weighted by Crippen LogP contribution is -2.35. The summed E-state index contributed by atoms with van der Waals surface area (Å²) in [6, 6.07) is 7.77. The number of pyridine rings is 1. The monoisotopic (exact) mass is 332 g/mol. The molecule has 0 saturated carbocycles. The fourth-order valence-electron chi connectivity index (χ4n) is 2.08. The van der Waals surface area contributed by atoms with Gasteiger partial charge in [-0.2, -0.15) is 0 Å². The Bertz CT molecular complexity index is 768. The van der Waals surface area contributed by atoms with Crippen LogP contribution < -0.4 is 25.1 Å². The van der Waals surface area contributed by atoms with Crippen molar-refractivity contribution >= 4 is 5.91 Å². The van der Waals surface area contributed by atoms with E-state index in [4.69, 9.17) is 14.2 Å². The van der Waals surface area contributed by atoms with E-state index in [0.717, 1.165) is 0 Å². The molecule has 2 aromatic rings. The Balaban J connectivity index is 1.45. The lowest BCUT2D eigenvalue weighted by Gasteiger charge is -2.13. The Hall–Kier alpha value is -3.00. The summed E-state index contributed by atoms with van der Waals surface area (Å²) in [5.41, 5.74) is 0.0159. The number of carbonyl (C=O) groups excluding carboxylic acids is 1. The van der Waals surface area contributed by atoms with E-state index in [-0.39, 0.29) is 25.5 Å². The zero-order chi connectivity index (χ0) is 16.9. The average molecular weight is 332 g/mol. The highest BCUT2D eigenvalue weighted by Crippen LogP contribution is 2.35. The van der Waals surface area contributed by atoms with Crippen LogP contribution in [0.1, 0.15) is 10.4 Å². The van der Waals surface area contributed by atoms with Gasteiger partial charge in [0.05, 0.1) is 5.56 Å². The van der Waals surface area contributed by atoms with E-state index in [1.807, 2.05) is 0 Å². The number of carbonyl (C=O) groups is 1. The minimum absolute atomic E-state index is 0.00550. The lowest BCUT2D eigenvalue weighted by atomic mass is 10.2. The van der Waals surface area contributed by atoms with E-state index in [1.165, 1.54) is 18.3 Å². The third kappa shape index (κ3) is 3.85. The first-order valence-electron chi connectivity index (χ1n) is 7.29. The van der Waals surface area contributed by atoms with Crippen molar-refractivity contribution in [2.45, 2.75) is 6.10 Å². The Labute approximate surface area is 137 Å². The van der Waals surface area contributed by atoms with Crippen LogP contribution in [0.15, 0.2) is 41.3 Å². The SMILES string of the molecule is O=C(NC[C@H](O)COc1ccc2c(c1)OCO2)c1ccc(=O)[nH]c1. The van der Waals surface area contributed by atoms with Crippen molar-refractivity contribution in [2.75, 3.05) is 19.9 Å². The summed E-state index contributed by atoms with van der Waals surface area (Å²) in [5.74, 6) is 1.38. The summed E-state index contributed by atoms with van der Waals surface area (Å²) in [7, 11) is 0. The maximum atomic E-state index is 11.8. The van der Waals surface area contributed by atoms with Crippen LogP contribution in [-0.2, 0) is 0 Å². The normalized spacial score (nSPS) is 13.4. The van der Waals surface area contributed by atoms with Gasteiger partial charge in [-0.25, -0.2) is 0 Å². The van der Waals surface area contributed by atoms with Crippen LogP contribution in [0.25, 0.3) is 0 Å². The topological polar surface area (TPSA) is 110 Å². The Kier molecular flexibility index (Phi) is 4.66. The van der Waals surface area contributed by atoms with Crippen molar-refractivity contribution < 1.29 is 24.1 Å². The number of rotatable bonds is 6. The summed E-state index contributed by atoms with van der Waals surface area (Å²) >= 11 is 0. The van der Waals surface area contributed by atoms with E-state index < -0.39 is 12.0 Å². The summed E-state index contributed by atoms with van der Waals surface area (Å²) in [4.78, 5) is 25.2. The number of fused-ring (bicyclic) bond motifs is 1. The number of hydrogen-bond acceptors (Lipinski definition) is 6. The minimum atomic E-state index is -0.887. The van der Waals surface area contributed by atoms with Gasteiger partial charge in [0, 0.05) is 24.9 Å². The molecule has 0 aliphatic carbocycles. The van der Waals surface area contributed by atoms with Crippen molar-refractivity contribution in [3.63, 3.8) is 0 Å². The number of amides is 1. The molecule has 24 heavy (non-hydrogen) atoms. The number of aromatic nitrogens is 1. The molecule has 0 bridgehead atoms. The standard InChI is InChI=1S/C16H16N2O6/c19-11(7-18-16(21)10-1-4-15(20)17-6-10)8-22-12-2-3-13-14(5-12)24-9-23-13/h1-6,11,19H,7-9H2,(H,17,20)(H,18,21)/t11-/m0/s1. The van der Waals surface area contributed by atoms with E-state index >= 15 is 0 Å². The number of nitrogens with one attached hydrogen (secondary N) is 2. The van der Waals surface area contributed by atoms with Crippen molar-refractivity contribution in [3.8, 4) is 17.2 Å². The molecule has 8 heteroatoms. The molecule has 126 valence electrons. The van der Waals surface area contributed by atoms with Gasteiger partial charge in [0.1, 0.15) is 18.5 Å². The summed E-state index contributed by atoms with van der Waals surface area (Å²) in [6.45, 7) is 0.201. The highest BCUT2D eigenvalue weighted by atomic mass is 16.7. The summed E-state index contributed by atoms with van der Waals surface area (Å²) in [6.07, 6.45) is 0.426. The molecule has 3 rings (SSSR count). The van der Waals surface area contributed by atoms with E-state index in [2.05, 4.69) is 10.3 Å². The van der Waals surface area contributed by atoms with Gasteiger partial charge in [0.15, 0.2) is 11.5 Å². The third-order valence-electron chi connectivity index (χ3n) is 3.33. The number of aliphatic hydroxyl groups excluding tert-OH is 1. The van der Waals surface area contributed by atoms with Crippen LogP contribution in [0.5, 0.6) is 17.2 Å². The van der Waals surface area contributed by atoms with Gasteiger partial charge in [-0.3, -0.25) is 9.59 Å². The van der Waals surface area contributed by atoms with Crippen LogP contribution in [-0.4, -0.2) is 42.0 Å². The number of benzene rings is 1. The molecular formula is C16H16N2O6. The van der Waals surface area contributed by atoms with E-state index in [9.17, 15) is 14.7 Å². The van der Waals surface area contributed by atoms with Crippen molar-refractivity contribution in [1.82, 2.24) is 10.3 Å². The van der Waals surface area contributed by atoms with Crippen molar-refractivity contribution in [3.05, 3.63) is 52.4 Å². The van der Waals surface area contributed by atoms with Gasteiger partial charge in [0.25, 0.3) is 5.91 Å². The Morgan fingerprint density at radius 2 is 2.12 bits per heavy atom. The first-order valence-corrected chi connectivity index (χ1v) is 7.29. The number of hydrogen-bond donors (Lipinski definition) is 3. The fourth-order valence-corrected chi connectivity index (χ4v) is 2.08. The van der Waals surface area contributed by atoms with Crippen LogP contribution in [0.3, 0.4) is 0 Å². The first kappa shape index (κ1) is 15.9. The number of ether oxygens (including phenoxy) is 3. The highest BCUT2D eigenvalue weighted by Gasteiger charge is 2.15. The minimum Gasteiger partial charge on any atom is -0.491 e. The molecule has 1 aromatic heterocycles. The predicted molar refractivity (Wildman–Crippen MR) is 83.5 cm³/mol. The molecule has 0 spiro atoms. The van der Waals surface area contributed by atoms with E-state index in [1.54, 1.807) is 18.2 Å². The second kappa shape index (κ2) is 7.05. The van der Waals surface area contributed by atoms with Gasteiger partial charge in [-0.1, -0.05) is 0 Å². The van der Waals surface area contributed by atoms with Gasteiger partial charge in [-0.05, 0) is 18.2 Å². The van der Waals surface area contributed by atoms with Crippen LogP contribution in [0.2, 0.25) is 0 Å². The molecular weight excluding hydrogens is 316 g/mol. The van der Waals surface area contributed by atoms with Crippen LogP contribution in [0.4, 0.5) is 0 Å². The predicted octanol–water partition coefficient (Wildman–Crippen LogP) is 0.273. The molecule has 1 aliphatic rings. The molecule has 8 nitrogen and oxygen atoms in total. The molecule has 2 heterocycles. The largest absolute Gasteiger partial charge is 0.491 e. The van der Waals surface area contributed by atoms with Gasteiger partial charge in [-0.15, -0.1) is 0 Å². The fraction of sp³-hybridized carbons (Fsp3) is 0.250. The van der Waals surface area contributed by atoms with Gasteiger partial charge < -0.3 is 29.6 Å². The third-order valence-corrected chi connectivity index (χ3v) is 3.33. The first-order chi connectivity index (χ1) is 11.6. The van der Waals surface area contributed by atoms with Gasteiger partial charge in [0.2, 0.25) is 12.4 Å². The van der Waals surface area contributed by atoms with Crippen LogP contribution >= 0.6 is 0 Å². The number of H-pyrrole nitrogens is 1. The molecule has 0 fully saturated rings. The molecule has 0 saturated heterocycles.